The molecule has 1 aromatic carbocycles. The van der Waals surface area contributed by atoms with E-state index in [4.69, 9.17) is 11.5 Å². The summed E-state index contributed by atoms with van der Waals surface area (Å²) < 4.78 is 0. The molecule has 0 bridgehead atoms. The number of nitrogens with one attached hydrogen (secondary N) is 3. The lowest BCUT2D eigenvalue weighted by atomic mass is 9.96. The van der Waals surface area contributed by atoms with Gasteiger partial charge < -0.3 is 37.6 Å². The van der Waals surface area contributed by atoms with Gasteiger partial charge in [-0.15, -0.1) is 0 Å². The predicted octanol–water partition coefficient (Wildman–Crippen LogP) is 1.02. The molecule has 0 aliphatic heterocycles. The Morgan fingerprint density at radius 3 is 2.03 bits per heavy atom. The lowest BCUT2D eigenvalue weighted by Gasteiger charge is -2.28. The van der Waals surface area contributed by atoms with Crippen LogP contribution in [0.2, 0.25) is 0 Å². The van der Waals surface area contributed by atoms with Gasteiger partial charge >= 0.3 is 5.97 Å². The minimum atomic E-state index is -1.15. The molecule has 0 saturated carbocycles. The number of benzene rings is 1. The van der Waals surface area contributed by atoms with Gasteiger partial charge in [0.1, 0.15) is 23.9 Å². The number of carboxylic acids is 1. The van der Waals surface area contributed by atoms with Crippen molar-refractivity contribution in [3.05, 3.63) is 29.8 Å². The van der Waals surface area contributed by atoms with Gasteiger partial charge in [0, 0.05) is 6.42 Å². The molecule has 0 aliphatic rings. The fourth-order valence-electron chi connectivity index (χ4n) is 3.91. The molecule has 11 heteroatoms. The summed E-state index contributed by atoms with van der Waals surface area (Å²) in [5, 5.41) is 27.1. The third-order valence-corrected chi connectivity index (χ3v) is 6.43. The Bertz CT molecular complexity index is 908. The van der Waals surface area contributed by atoms with Gasteiger partial charge in [-0.25, -0.2) is 4.79 Å². The number of nitrogens with two attached hydrogens (primary N) is 2. The number of phenols is 1. The molecule has 9 N–H and O–H groups in total. The molecular formula is C27H45N5O6. The Kier molecular flexibility index (Phi) is 14.4. The van der Waals surface area contributed by atoms with Gasteiger partial charge in [0.25, 0.3) is 0 Å². The fraction of sp³-hybridized carbons (Fsp3) is 0.630. The third-order valence-electron chi connectivity index (χ3n) is 6.43. The van der Waals surface area contributed by atoms with E-state index in [9.17, 15) is 29.4 Å². The van der Waals surface area contributed by atoms with Crippen molar-refractivity contribution in [1.29, 1.82) is 0 Å². The second-order valence-electron chi connectivity index (χ2n) is 10.2. The first-order valence-electron chi connectivity index (χ1n) is 13.3. The average Bonchev–Trinajstić information content (AvgIpc) is 2.86. The molecule has 0 fully saturated rings. The Hall–Kier alpha value is -3.18. The van der Waals surface area contributed by atoms with Crippen molar-refractivity contribution in [2.75, 3.05) is 6.54 Å². The van der Waals surface area contributed by atoms with Gasteiger partial charge in [-0.05, 0) is 55.3 Å². The number of carbonyl (C=O) groups is 4. The monoisotopic (exact) mass is 535 g/mol. The van der Waals surface area contributed by atoms with Crippen LogP contribution in [0, 0.1) is 11.8 Å². The molecule has 0 radical (unpaired) electrons. The maximum atomic E-state index is 13.4. The van der Waals surface area contributed by atoms with E-state index in [-0.39, 0.29) is 30.4 Å². The summed E-state index contributed by atoms with van der Waals surface area (Å²) >= 11 is 0. The van der Waals surface area contributed by atoms with E-state index in [0.29, 0.717) is 31.4 Å². The number of carbonyl (C=O) groups excluding carboxylic acids is 3. The van der Waals surface area contributed by atoms with Crippen LogP contribution in [-0.2, 0) is 25.6 Å². The molecule has 38 heavy (non-hydrogen) atoms. The highest BCUT2D eigenvalue weighted by Crippen LogP contribution is 2.14. The molecule has 0 heterocycles. The number of aromatic hydroxyl groups is 1. The topological polar surface area (TPSA) is 197 Å². The molecule has 11 nitrogen and oxygen atoms in total. The summed E-state index contributed by atoms with van der Waals surface area (Å²) in [6.45, 7) is 7.83. The highest BCUT2D eigenvalue weighted by molar-refractivity contribution is 5.94. The smallest absolute Gasteiger partial charge is 0.326 e. The maximum absolute atomic E-state index is 13.4. The van der Waals surface area contributed by atoms with E-state index < -0.39 is 47.9 Å². The quantitative estimate of drug-likeness (QED) is 0.143. The van der Waals surface area contributed by atoms with Gasteiger partial charge in [0.15, 0.2) is 0 Å². The normalized spacial score (nSPS) is 15.1. The number of rotatable bonds is 17. The highest BCUT2D eigenvalue weighted by Gasteiger charge is 2.33. The molecule has 214 valence electrons. The Morgan fingerprint density at radius 1 is 0.895 bits per heavy atom. The predicted molar refractivity (Wildman–Crippen MR) is 145 cm³/mol. The second kappa shape index (κ2) is 16.6. The summed E-state index contributed by atoms with van der Waals surface area (Å²) in [6, 6.07) is 2.21. The number of amides is 3. The lowest BCUT2D eigenvalue weighted by Crippen LogP contribution is -2.59. The second-order valence-corrected chi connectivity index (χ2v) is 10.2. The number of carboxylic acid groups (broad SMARTS) is 1. The van der Waals surface area contributed by atoms with Crippen molar-refractivity contribution in [2.24, 2.45) is 23.3 Å². The van der Waals surface area contributed by atoms with Gasteiger partial charge in [-0.2, -0.15) is 0 Å². The molecule has 1 aromatic rings. The molecule has 3 amide bonds. The van der Waals surface area contributed by atoms with E-state index in [1.165, 1.54) is 12.1 Å². The molecule has 0 aromatic heterocycles. The zero-order chi connectivity index (χ0) is 28.8. The number of phenolic OH excluding ortho intramolecular Hbond substituents is 1. The minimum absolute atomic E-state index is 0.0343. The maximum Gasteiger partial charge on any atom is 0.326 e. The van der Waals surface area contributed by atoms with Gasteiger partial charge in [-0.1, -0.05) is 52.7 Å². The molecule has 1 rings (SSSR count). The molecule has 0 spiro atoms. The van der Waals surface area contributed by atoms with Crippen molar-refractivity contribution in [1.82, 2.24) is 16.0 Å². The summed E-state index contributed by atoms with van der Waals surface area (Å²) in [4.78, 5) is 51.1. The van der Waals surface area contributed by atoms with E-state index in [2.05, 4.69) is 16.0 Å². The highest BCUT2D eigenvalue weighted by atomic mass is 16.4. The number of hydrogen-bond donors (Lipinski definition) is 7. The van der Waals surface area contributed by atoms with E-state index >= 15 is 0 Å². The van der Waals surface area contributed by atoms with E-state index in [1.807, 2.05) is 20.8 Å². The van der Waals surface area contributed by atoms with Crippen LogP contribution in [0.25, 0.3) is 0 Å². The van der Waals surface area contributed by atoms with Crippen LogP contribution < -0.4 is 27.4 Å². The van der Waals surface area contributed by atoms with Crippen LogP contribution in [0.15, 0.2) is 24.3 Å². The van der Waals surface area contributed by atoms with Gasteiger partial charge in [-0.3, -0.25) is 14.4 Å². The van der Waals surface area contributed by atoms with Crippen molar-refractivity contribution in [3.8, 4) is 5.75 Å². The molecule has 0 saturated heterocycles. The first kappa shape index (κ1) is 32.8. The number of aliphatic carboxylic acids is 1. The third kappa shape index (κ3) is 11.5. The first-order chi connectivity index (χ1) is 17.9. The van der Waals surface area contributed by atoms with Crippen molar-refractivity contribution in [2.45, 2.75) is 90.4 Å². The van der Waals surface area contributed by atoms with Gasteiger partial charge in [0.05, 0.1) is 6.04 Å². The number of unbranched alkanes of at least 4 members (excludes halogenated alkanes) is 1. The zero-order valence-corrected chi connectivity index (χ0v) is 22.9. The fourth-order valence-corrected chi connectivity index (χ4v) is 3.91. The first-order valence-corrected chi connectivity index (χ1v) is 13.3. The van der Waals surface area contributed by atoms with Crippen molar-refractivity contribution >= 4 is 23.7 Å². The summed E-state index contributed by atoms with van der Waals surface area (Å²) in [5.41, 5.74) is 12.2. The van der Waals surface area contributed by atoms with Crippen LogP contribution >= 0.6 is 0 Å². The van der Waals surface area contributed by atoms with Crippen LogP contribution in [-0.4, -0.2) is 64.6 Å². The average molecular weight is 536 g/mol. The SMILES string of the molecule is CCC(C)C(NC(=O)C(Cc1ccc(O)cc1)NC(=O)C(N)CCCCN)C(=O)NC(CC(C)C)C(=O)O. The van der Waals surface area contributed by atoms with Crippen LogP contribution in [0.3, 0.4) is 0 Å². The van der Waals surface area contributed by atoms with Crippen molar-refractivity contribution < 1.29 is 29.4 Å². The molecule has 5 atom stereocenters. The minimum Gasteiger partial charge on any atom is -0.508 e. The molecule has 0 aliphatic carbocycles. The molecule has 5 unspecified atom stereocenters. The van der Waals surface area contributed by atoms with Crippen LogP contribution in [0.4, 0.5) is 0 Å². The summed E-state index contributed by atoms with van der Waals surface area (Å²) in [5.74, 6) is -3.08. The Labute approximate surface area is 225 Å². The van der Waals surface area contributed by atoms with E-state index in [0.717, 1.165) is 6.42 Å². The lowest BCUT2D eigenvalue weighted by molar-refractivity contribution is -0.143. The summed E-state index contributed by atoms with van der Waals surface area (Å²) in [7, 11) is 0. The van der Waals surface area contributed by atoms with Gasteiger partial charge in [0.2, 0.25) is 17.7 Å². The Balaban J connectivity index is 3.13. The van der Waals surface area contributed by atoms with Crippen LogP contribution in [0.5, 0.6) is 5.75 Å². The van der Waals surface area contributed by atoms with Crippen molar-refractivity contribution in [3.63, 3.8) is 0 Å². The van der Waals surface area contributed by atoms with Crippen LogP contribution in [0.1, 0.15) is 65.4 Å². The number of hydrogen-bond acceptors (Lipinski definition) is 7. The standard InChI is InChI=1S/C27H45N5O6/c1-5-17(4)23(26(36)31-22(27(37)38)14-16(2)3)32-25(35)21(15-18-9-11-19(33)12-10-18)30-24(34)20(29)8-6-7-13-28/h9-12,16-17,20-23,33H,5-8,13-15,28-29H2,1-4H3,(H,30,34)(H,31,36)(H,32,35)(H,37,38). The van der Waals surface area contributed by atoms with E-state index in [1.54, 1.807) is 19.1 Å². The zero-order valence-electron chi connectivity index (χ0n) is 22.9. The Morgan fingerprint density at radius 2 is 1.50 bits per heavy atom. The molecular weight excluding hydrogens is 490 g/mol. The largest absolute Gasteiger partial charge is 0.508 e. The summed E-state index contributed by atoms with van der Waals surface area (Å²) in [6.07, 6.45) is 2.66.